The third kappa shape index (κ3) is 7.99. The number of ether oxygens (including phenoxy) is 1. The number of nitrogens with zero attached hydrogens (tertiary/aromatic N) is 1. The highest BCUT2D eigenvalue weighted by atomic mass is 35.5. The zero-order chi connectivity index (χ0) is 16.5. The van der Waals surface area contributed by atoms with Gasteiger partial charge in [0.25, 0.3) is 0 Å². The highest BCUT2D eigenvalue weighted by Gasteiger charge is 2.09. The zero-order valence-electron chi connectivity index (χ0n) is 14.7. The molecular weight excluding hydrogens is 326 g/mol. The summed E-state index contributed by atoms with van der Waals surface area (Å²) in [5.74, 6) is 1.45. The van der Waals surface area contributed by atoms with Crippen molar-refractivity contribution in [1.82, 2.24) is 15.5 Å². The molecule has 0 radical (unpaired) electrons. The average Bonchev–Trinajstić information content (AvgIpc) is 2.55. The molecule has 0 spiro atoms. The molecule has 0 aliphatic carbocycles. The first kappa shape index (κ1) is 20.7. The Morgan fingerprint density at radius 1 is 1.25 bits per heavy atom. The number of carbonyl (C=O) groups excluding carboxylic acids is 1. The van der Waals surface area contributed by atoms with Gasteiger partial charge in [-0.15, -0.1) is 12.4 Å². The second-order valence-corrected chi connectivity index (χ2v) is 6.47. The molecule has 6 heteroatoms. The van der Waals surface area contributed by atoms with E-state index in [0.717, 1.165) is 44.0 Å². The lowest BCUT2D eigenvalue weighted by atomic mass is 10.1. The van der Waals surface area contributed by atoms with Crippen molar-refractivity contribution in [3.8, 4) is 5.75 Å². The van der Waals surface area contributed by atoms with Crippen LogP contribution in [0.25, 0.3) is 0 Å². The van der Waals surface area contributed by atoms with Crippen molar-refractivity contribution in [2.45, 2.75) is 20.3 Å². The lowest BCUT2D eigenvalue weighted by molar-refractivity contribution is -0.120. The average molecular weight is 356 g/mol. The van der Waals surface area contributed by atoms with Gasteiger partial charge in [-0.05, 0) is 23.6 Å². The standard InChI is InChI=1S/C18H29N3O2.ClH/c1-15(2)14-23-17-5-3-16(4-6-17)13-18(22)20-9-12-21-10-7-19-8-11-21;/h3-6,15,19H,7-14H2,1-2H3,(H,20,22);1H. The molecule has 1 aromatic carbocycles. The van der Waals surface area contributed by atoms with Gasteiger partial charge in [0.15, 0.2) is 0 Å². The van der Waals surface area contributed by atoms with Crippen molar-refractivity contribution in [2.75, 3.05) is 45.9 Å². The van der Waals surface area contributed by atoms with E-state index in [1.165, 1.54) is 0 Å². The summed E-state index contributed by atoms with van der Waals surface area (Å²) >= 11 is 0. The molecule has 0 bridgehead atoms. The first-order chi connectivity index (χ1) is 11.1. The summed E-state index contributed by atoms with van der Waals surface area (Å²) in [5, 5.41) is 6.33. The van der Waals surface area contributed by atoms with Gasteiger partial charge in [-0.2, -0.15) is 0 Å². The quantitative estimate of drug-likeness (QED) is 0.745. The van der Waals surface area contributed by atoms with Gasteiger partial charge in [0.05, 0.1) is 13.0 Å². The minimum absolute atomic E-state index is 0. The Kier molecular flexibility index (Phi) is 9.76. The molecule has 24 heavy (non-hydrogen) atoms. The maximum atomic E-state index is 12.0. The lowest BCUT2D eigenvalue weighted by Gasteiger charge is -2.27. The minimum Gasteiger partial charge on any atom is -0.493 e. The summed E-state index contributed by atoms with van der Waals surface area (Å²) in [5.41, 5.74) is 1.02. The molecule has 2 N–H and O–H groups in total. The van der Waals surface area contributed by atoms with Crippen LogP contribution in [-0.2, 0) is 11.2 Å². The maximum Gasteiger partial charge on any atom is 0.224 e. The number of nitrogens with one attached hydrogen (secondary N) is 2. The summed E-state index contributed by atoms with van der Waals surface area (Å²) in [6.45, 7) is 10.8. The number of benzene rings is 1. The van der Waals surface area contributed by atoms with Crippen LogP contribution in [0.15, 0.2) is 24.3 Å². The second-order valence-electron chi connectivity index (χ2n) is 6.47. The number of hydrogen-bond donors (Lipinski definition) is 2. The van der Waals surface area contributed by atoms with Gasteiger partial charge >= 0.3 is 0 Å². The molecule has 1 aliphatic heterocycles. The fourth-order valence-electron chi connectivity index (χ4n) is 2.50. The van der Waals surface area contributed by atoms with Crippen LogP contribution < -0.4 is 15.4 Å². The van der Waals surface area contributed by atoms with Gasteiger partial charge in [0.2, 0.25) is 5.91 Å². The Balaban J connectivity index is 0.00000288. The third-order valence-corrected chi connectivity index (χ3v) is 3.83. The van der Waals surface area contributed by atoms with E-state index in [1.54, 1.807) is 0 Å². The van der Waals surface area contributed by atoms with Gasteiger partial charge in [0.1, 0.15) is 5.75 Å². The van der Waals surface area contributed by atoms with Gasteiger partial charge < -0.3 is 15.4 Å². The van der Waals surface area contributed by atoms with Crippen molar-refractivity contribution in [3.63, 3.8) is 0 Å². The van der Waals surface area contributed by atoms with Crippen LogP contribution in [0.5, 0.6) is 5.75 Å². The predicted octanol–water partition coefficient (Wildman–Crippen LogP) is 1.71. The molecule has 136 valence electrons. The molecule has 0 saturated carbocycles. The van der Waals surface area contributed by atoms with Crippen LogP contribution in [0, 0.1) is 5.92 Å². The first-order valence-electron chi connectivity index (χ1n) is 8.55. The summed E-state index contributed by atoms with van der Waals surface area (Å²) in [7, 11) is 0. The molecule has 1 fully saturated rings. The second kappa shape index (κ2) is 11.3. The largest absolute Gasteiger partial charge is 0.493 e. The maximum absolute atomic E-state index is 12.0. The zero-order valence-corrected chi connectivity index (χ0v) is 15.5. The number of carbonyl (C=O) groups is 1. The monoisotopic (exact) mass is 355 g/mol. The minimum atomic E-state index is 0. The van der Waals surface area contributed by atoms with Gasteiger partial charge in [-0.1, -0.05) is 26.0 Å². The highest BCUT2D eigenvalue weighted by molar-refractivity contribution is 5.85. The topological polar surface area (TPSA) is 53.6 Å². The van der Waals surface area contributed by atoms with Crippen molar-refractivity contribution in [3.05, 3.63) is 29.8 Å². The third-order valence-electron chi connectivity index (χ3n) is 3.83. The van der Waals surface area contributed by atoms with Crippen LogP contribution in [0.4, 0.5) is 0 Å². The van der Waals surface area contributed by atoms with Crippen molar-refractivity contribution in [2.24, 2.45) is 5.92 Å². The van der Waals surface area contributed by atoms with E-state index in [9.17, 15) is 4.79 Å². The van der Waals surface area contributed by atoms with Crippen molar-refractivity contribution >= 4 is 18.3 Å². The molecule has 1 aromatic rings. The predicted molar refractivity (Wildman–Crippen MR) is 100 cm³/mol. The van der Waals surface area contributed by atoms with Crippen LogP contribution in [0.3, 0.4) is 0 Å². The number of rotatable bonds is 8. The molecule has 1 heterocycles. The summed E-state index contributed by atoms with van der Waals surface area (Å²) in [6.07, 6.45) is 0.423. The smallest absolute Gasteiger partial charge is 0.224 e. The number of hydrogen-bond acceptors (Lipinski definition) is 4. The molecule has 1 aliphatic rings. The molecule has 5 nitrogen and oxygen atoms in total. The molecule has 0 aromatic heterocycles. The fourth-order valence-corrected chi connectivity index (χ4v) is 2.50. The van der Waals surface area contributed by atoms with E-state index in [2.05, 4.69) is 29.4 Å². The van der Waals surface area contributed by atoms with Crippen LogP contribution in [0.1, 0.15) is 19.4 Å². The molecule has 0 unspecified atom stereocenters. The van der Waals surface area contributed by atoms with Crippen LogP contribution in [0.2, 0.25) is 0 Å². The summed E-state index contributed by atoms with van der Waals surface area (Å²) in [4.78, 5) is 14.4. The number of halogens is 1. The Labute approximate surface area is 151 Å². The highest BCUT2D eigenvalue weighted by Crippen LogP contribution is 2.13. The number of piperazine rings is 1. The van der Waals surface area contributed by atoms with Gasteiger partial charge in [-0.25, -0.2) is 0 Å². The lowest BCUT2D eigenvalue weighted by Crippen LogP contribution is -2.46. The normalized spacial score (nSPS) is 15.0. The van der Waals surface area contributed by atoms with Crippen molar-refractivity contribution in [1.29, 1.82) is 0 Å². The molecule has 1 saturated heterocycles. The van der Waals surface area contributed by atoms with E-state index >= 15 is 0 Å². The van der Waals surface area contributed by atoms with E-state index < -0.39 is 0 Å². The van der Waals surface area contributed by atoms with Crippen molar-refractivity contribution < 1.29 is 9.53 Å². The van der Waals surface area contributed by atoms with Crippen LogP contribution in [-0.4, -0.2) is 56.7 Å². The molecule has 2 rings (SSSR count). The SMILES string of the molecule is CC(C)COc1ccc(CC(=O)NCCN2CCNCC2)cc1.Cl. The Hall–Kier alpha value is -1.30. The van der Waals surface area contributed by atoms with Gasteiger partial charge in [0, 0.05) is 39.3 Å². The van der Waals surface area contributed by atoms with Gasteiger partial charge in [-0.3, -0.25) is 9.69 Å². The van der Waals surface area contributed by atoms with E-state index in [-0.39, 0.29) is 18.3 Å². The number of amides is 1. The Bertz CT molecular complexity index is 474. The first-order valence-corrected chi connectivity index (χ1v) is 8.55. The molecule has 0 atom stereocenters. The Morgan fingerprint density at radius 2 is 1.92 bits per heavy atom. The Morgan fingerprint density at radius 3 is 2.54 bits per heavy atom. The molecular formula is C18H30ClN3O2. The molecule has 1 amide bonds. The van der Waals surface area contributed by atoms with E-state index in [4.69, 9.17) is 4.74 Å². The van der Waals surface area contributed by atoms with E-state index in [1.807, 2.05) is 24.3 Å². The fraction of sp³-hybridized carbons (Fsp3) is 0.611. The summed E-state index contributed by atoms with van der Waals surface area (Å²) in [6, 6.07) is 7.80. The van der Waals surface area contributed by atoms with Crippen LogP contribution >= 0.6 is 12.4 Å². The van der Waals surface area contributed by atoms with E-state index in [0.29, 0.717) is 25.5 Å². The summed E-state index contributed by atoms with van der Waals surface area (Å²) < 4.78 is 5.65.